The van der Waals surface area contributed by atoms with Crippen LogP contribution in [0.3, 0.4) is 0 Å². The van der Waals surface area contributed by atoms with Crippen molar-refractivity contribution in [3.05, 3.63) is 197 Å². The van der Waals surface area contributed by atoms with Gasteiger partial charge in [-0.05, 0) is 108 Å². The van der Waals surface area contributed by atoms with Gasteiger partial charge < -0.3 is 4.90 Å². The minimum Gasteiger partial charge on any atom is -0.310 e. The lowest BCUT2D eigenvalue weighted by molar-refractivity contribution is 0.590. The second-order valence-corrected chi connectivity index (χ2v) is 19.2. The first-order valence-electron chi connectivity index (χ1n) is 20.3. The van der Waals surface area contributed by atoms with Crippen LogP contribution in [-0.2, 0) is 16.2 Å². The first kappa shape index (κ1) is 34.3. The van der Waals surface area contributed by atoms with E-state index in [4.69, 9.17) is 0 Å². The van der Waals surface area contributed by atoms with Gasteiger partial charge >= 0.3 is 0 Å². The number of anilines is 3. The third kappa shape index (κ3) is 4.80. The second kappa shape index (κ2) is 12.0. The molecule has 2 aliphatic carbocycles. The van der Waals surface area contributed by atoms with Gasteiger partial charge in [-0.3, -0.25) is 0 Å². The van der Waals surface area contributed by atoms with Gasteiger partial charge in [-0.15, -0.1) is 11.3 Å². The van der Waals surface area contributed by atoms with E-state index in [0.717, 1.165) is 11.4 Å². The highest BCUT2D eigenvalue weighted by Crippen LogP contribution is 2.64. The largest absolute Gasteiger partial charge is 0.310 e. The topological polar surface area (TPSA) is 3.24 Å². The standard InChI is InChI=1S/C55H45NS/c1-53(2,3)35-25-29-37(30-26-35)56(38-31-27-36(28-32-38)54(4,5)6)47-33-46-50(52-51(47)41-19-9-12-24-48(41)57-52)42-20-13-15-34-16-14-23-45(49(34)42)55(46)43-21-10-7-17-39(43)40-18-8-11-22-44(40)55/h7-33H,1-6H3. The number of benzene rings is 8. The first-order chi connectivity index (χ1) is 27.5. The molecule has 2 heteroatoms. The highest BCUT2D eigenvalue weighted by Gasteiger charge is 2.51. The third-order valence-corrected chi connectivity index (χ3v) is 14.0. The molecule has 1 heterocycles. The maximum absolute atomic E-state index is 2.60. The summed E-state index contributed by atoms with van der Waals surface area (Å²) in [7, 11) is 0. The zero-order valence-electron chi connectivity index (χ0n) is 33.4. The number of nitrogens with zero attached hydrogens (tertiary/aromatic N) is 1. The van der Waals surface area contributed by atoms with Crippen molar-refractivity contribution in [1.29, 1.82) is 0 Å². The maximum atomic E-state index is 2.60. The SMILES string of the molecule is CC(C)(C)c1ccc(N(c2ccc(C(C)(C)C)cc2)c2cc3c(c4sc5ccccc5c24)-c2cccc4cccc(c24)C32c3ccccc3-c3ccccc32)cc1. The molecular weight excluding hydrogens is 707 g/mol. The fourth-order valence-electron chi connectivity index (χ4n) is 10.1. The second-order valence-electron chi connectivity index (χ2n) is 18.1. The average molecular weight is 752 g/mol. The summed E-state index contributed by atoms with van der Waals surface area (Å²) >= 11 is 1.95. The van der Waals surface area contributed by atoms with Gasteiger partial charge in [0.1, 0.15) is 0 Å². The van der Waals surface area contributed by atoms with E-state index in [0.29, 0.717) is 0 Å². The summed E-state index contributed by atoms with van der Waals surface area (Å²) in [6.07, 6.45) is 0. The zero-order chi connectivity index (χ0) is 38.8. The Balaban J connectivity index is 1.33. The molecule has 9 aromatic rings. The van der Waals surface area contributed by atoms with Crippen molar-refractivity contribution in [3.8, 4) is 22.3 Å². The molecule has 8 aromatic carbocycles. The van der Waals surface area contributed by atoms with Crippen molar-refractivity contribution in [2.75, 3.05) is 4.90 Å². The van der Waals surface area contributed by atoms with Crippen LogP contribution < -0.4 is 4.90 Å². The number of rotatable bonds is 3. The van der Waals surface area contributed by atoms with Crippen molar-refractivity contribution in [3.63, 3.8) is 0 Å². The lowest BCUT2D eigenvalue weighted by Gasteiger charge is -2.41. The van der Waals surface area contributed by atoms with Crippen molar-refractivity contribution in [2.24, 2.45) is 0 Å². The Morgan fingerprint density at radius 2 is 0.965 bits per heavy atom. The van der Waals surface area contributed by atoms with Crippen LogP contribution in [0.2, 0.25) is 0 Å². The summed E-state index contributed by atoms with van der Waals surface area (Å²) in [4.78, 5) is 2.54. The lowest BCUT2D eigenvalue weighted by atomic mass is 9.61. The van der Waals surface area contributed by atoms with Crippen LogP contribution in [0.1, 0.15) is 74.9 Å². The smallest absolute Gasteiger partial charge is 0.0727 e. The van der Waals surface area contributed by atoms with E-state index in [2.05, 4.69) is 210 Å². The van der Waals surface area contributed by atoms with Crippen LogP contribution in [-0.4, -0.2) is 0 Å². The summed E-state index contributed by atoms with van der Waals surface area (Å²) in [5, 5.41) is 5.25. The van der Waals surface area contributed by atoms with Crippen molar-refractivity contribution in [1.82, 2.24) is 0 Å². The van der Waals surface area contributed by atoms with Crippen LogP contribution in [0.25, 0.3) is 53.2 Å². The molecule has 276 valence electrons. The van der Waals surface area contributed by atoms with Crippen molar-refractivity contribution >= 4 is 59.3 Å². The van der Waals surface area contributed by atoms with Crippen molar-refractivity contribution < 1.29 is 0 Å². The van der Waals surface area contributed by atoms with Gasteiger partial charge in [0, 0.05) is 37.1 Å². The number of hydrogen-bond donors (Lipinski definition) is 0. The van der Waals surface area contributed by atoms with Gasteiger partial charge in [-0.2, -0.15) is 0 Å². The van der Waals surface area contributed by atoms with Gasteiger partial charge in [0.25, 0.3) is 0 Å². The molecule has 11 rings (SSSR count). The predicted molar refractivity (Wildman–Crippen MR) is 245 cm³/mol. The Kier molecular flexibility index (Phi) is 7.24. The van der Waals surface area contributed by atoms with E-state index in [9.17, 15) is 0 Å². The normalized spacial score (nSPS) is 13.9. The molecule has 0 fully saturated rings. The summed E-state index contributed by atoms with van der Waals surface area (Å²) in [5.41, 5.74) is 16.5. The van der Waals surface area contributed by atoms with Crippen LogP contribution in [0.4, 0.5) is 17.1 Å². The van der Waals surface area contributed by atoms with E-state index in [1.54, 1.807) is 0 Å². The molecule has 0 atom stereocenters. The van der Waals surface area contributed by atoms with Crippen LogP contribution in [0.5, 0.6) is 0 Å². The maximum Gasteiger partial charge on any atom is 0.0727 e. The average Bonchev–Trinajstić information content (AvgIpc) is 3.75. The summed E-state index contributed by atoms with van der Waals surface area (Å²) < 4.78 is 2.65. The minimum atomic E-state index is -0.520. The quantitative estimate of drug-likeness (QED) is 0.174. The van der Waals surface area contributed by atoms with Crippen LogP contribution in [0.15, 0.2) is 164 Å². The Hall–Kier alpha value is -5.96. The predicted octanol–water partition coefficient (Wildman–Crippen LogP) is 15.6. The molecule has 0 aliphatic heterocycles. The molecule has 0 saturated heterocycles. The van der Waals surface area contributed by atoms with Gasteiger partial charge in [-0.25, -0.2) is 0 Å². The summed E-state index contributed by atoms with van der Waals surface area (Å²) in [6, 6.07) is 62.6. The summed E-state index contributed by atoms with van der Waals surface area (Å²) in [5.74, 6) is 0. The number of fused-ring (bicyclic) bond motifs is 13. The third-order valence-electron chi connectivity index (χ3n) is 12.8. The lowest BCUT2D eigenvalue weighted by Crippen LogP contribution is -2.32. The summed E-state index contributed by atoms with van der Waals surface area (Å²) in [6.45, 7) is 13.8. The zero-order valence-corrected chi connectivity index (χ0v) is 34.3. The molecule has 1 nitrogen and oxygen atoms in total. The van der Waals surface area contributed by atoms with Crippen LogP contribution >= 0.6 is 11.3 Å². The highest BCUT2D eigenvalue weighted by molar-refractivity contribution is 7.26. The molecular formula is C55H45NS. The Labute approximate surface area is 339 Å². The Bertz CT molecular complexity index is 2970. The van der Waals surface area contributed by atoms with Gasteiger partial charge in [0.2, 0.25) is 0 Å². The molecule has 2 aliphatic rings. The Morgan fingerprint density at radius 3 is 1.56 bits per heavy atom. The molecule has 0 amide bonds. The molecule has 0 saturated carbocycles. The van der Waals surface area contributed by atoms with Crippen molar-refractivity contribution in [2.45, 2.75) is 57.8 Å². The molecule has 1 spiro atoms. The van der Waals surface area contributed by atoms with E-state index in [1.165, 1.54) is 92.3 Å². The highest BCUT2D eigenvalue weighted by atomic mass is 32.1. The molecule has 1 aromatic heterocycles. The fourth-order valence-corrected chi connectivity index (χ4v) is 11.4. The van der Waals surface area contributed by atoms with E-state index < -0.39 is 5.41 Å². The Morgan fingerprint density at radius 1 is 0.456 bits per heavy atom. The molecule has 0 N–H and O–H groups in total. The number of hydrogen-bond acceptors (Lipinski definition) is 2. The van der Waals surface area contributed by atoms with Crippen LogP contribution in [0, 0.1) is 0 Å². The van der Waals surface area contributed by atoms with E-state index in [1.807, 2.05) is 11.3 Å². The van der Waals surface area contributed by atoms with Gasteiger partial charge in [0.05, 0.1) is 11.1 Å². The van der Waals surface area contributed by atoms with Gasteiger partial charge in [-0.1, -0.05) is 169 Å². The van der Waals surface area contributed by atoms with E-state index in [-0.39, 0.29) is 10.8 Å². The molecule has 0 bridgehead atoms. The fraction of sp³-hybridized carbons (Fsp3) is 0.164. The molecule has 0 unspecified atom stereocenters. The van der Waals surface area contributed by atoms with E-state index >= 15 is 0 Å². The molecule has 57 heavy (non-hydrogen) atoms. The van der Waals surface area contributed by atoms with Gasteiger partial charge in [0.15, 0.2) is 0 Å². The first-order valence-corrected chi connectivity index (χ1v) is 21.1. The monoisotopic (exact) mass is 751 g/mol. The number of thiophene rings is 1. The minimum absolute atomic E-state index is 0.0460. The molecule has 0 radical (unpaired) electrons.